The summed E-state index contributed by atoms with van der Waals surface area (Å²) in [6, 6.07) is 7.20. The van der Waals surface area contributed by atoms with E-state index in [2.05, 4.69) is 36.9 Å². The maximum absolute atomic E-state index is 14.3. The molecule has 7 amide bonds. The highest BCUT2D eigenvalue weighted by Crippen LogP contribution is 2.20. The molecule has 4 rings (SSSR count). The first-order valence-electron chi connectivity index (χ1n) is 20.3. The summed E-state index contributed by atoms with van der Waals surface area (Å²) in [6.07, 6.45) is 3.77. The Balaban J connectivity index is 1.70. The molecule has 2 aromatic rings. The highest BCUT2D eigenvalue weighted by molar-refractivity contribution is 6.38. The molecule has 11 N–H and O–H groups in total. The summed E-state index contributed by atoms with van der Waals surface area (Å²) in [5, 5.41) is 25.7. The number of nitrogens with one attached hydrogen (secondary N) is 6. The number of guanidine groups is 1. The maximum Gasteiger partial charge on any atom is 0.290 e. The minimum atomic E-state index is -1.43. The smallest absolute Gasteiger partial charge is 0.290 e. The van der Waals surface area contributed by atoms with Gasteiger partial charge in [-0.15, -0.1) is 0 Å². The summed E-state index contributed by atoms with van der Waals surface area (Å²) < 4.78 is 0. The zero-order chi connectivity index (χ0) is 44.6. The van der Waals surface area contributed by atoms with Gasteiger partial charge in [-0.3, -0.25) is 43.3 Å². The number of fused-ring (bicyclic) bond motifs is 1. The van der Waals surface area contributed by atoms with Gasteiger partial charge in [0.1, 0.15) is 29.9 Å². The quantitative estimate of drug-likeness (QED) is 0.0543. The van der Waals surface area contributed by atoms with E-state index in [4.69, 9.17) is 11.5 Å². The number of Topliss-reactive ketones (excluding diaryl/α,β-unsaturated/α-hetero) is 1. The molecule has 0 spiro atoms. The summed E-state index contributed by atoms with van der Waals surface area (Å²) in [7, 11) is 0. The molecule has 0 saturated carbocycles. The molecule has 1 fully saturated rings. The van der Waals surface area contributed by atoms with Gasteiger partial charge in [-0.05, 0) is 74.8 Å². The molecule has 2 aromatic carbocycles. The average Bonchev–Trinajstić information content (AvgIpc) is 3.74. The highest BCUT2D eigenvalue weighted by Gasteiger charge is 2.40. The average molecular weight is 845 g/mol. The third-order valence-electron chi connectivity index (χ3n) is 10.5. The number of aliphatic imine (C=N–C) groups is 1. The van der Waals surface area contributed by atoms with Crippen LogP contribution in [0.2, 0.25) is 0 Å². The summed E-state index contributed by atoms with van der Waals surface area (Å²) >= 11 is 0. The number of phenolic OH excluding ortho intramolecular Hbond substituents is 1. The lowest BCUT2D eigenvalue weighted by Gasteiger charge is -2.30. The molecular formula is C42H56N10O9. The number of amides is 7. The molecule has 2 unspecified atom stereocenters. The number of nitrogens with two attached hydrogens (primary N) is 2. The Morgan fingerprint density at radius 2 is 1.66 bits per heavy atom. The Bertz CT molecular complexity index is 1970. The SMILES string of the molecule is CC[C@H](C)[C@H]1NC(=O)C(=O)C(CCCN=C(N)N)NC(=O)[C@@H]2CCCN2C(=O)[C@@H](NC(=O)[C@H](C)NC(=O)c2ccccc2)CNC(=O)/C=C/C(Cc2ccc(O)cc2)NC1=O. The molecule has 1 saturated heterocycles. The van der Waals surface area contributed by atoms with Gasteiger partial charge in [-0.1, -0.05) is 56.7 Å². The van der Waals surface area contributed by atoms with E-state index in [9.17, 15) is 43.5 Å². The van der Waals surface area contributed by atoms with E-state index in [1.807, 2.05) is 0 Å². The minimum absolute atomic E-state index is 0.0163. The number of aromatic hydroxyl groups is 1. The van der Waals surface area contributed by atoms with Crippen molar-refractivity contribution in [2.24, 2.45) is 22.4 Å². The normalized spacial score (nSPS) is 23.3. The van der Waals surface area contributed by atoms with Gasteiger partial charge in [0.05, 0.1) is 12.1 Å². The number of carbonyl (C=O) groups excluding carboxylic acids is 8. The molecule has 0 bridgehead atoms. The Hall–Kier alpha value is -6.79. The monoisotopic (exact) mass is 844 g/mol. The third kappa shape index (κ3) is 13.9. The molecule has 61 heavy (non-hydrogen) atoms. The van der Waals surface area contributed by atoms with Gasteiger partial charge in [0, 0.05) is 31.3 Å². The van der Waals surface area contributed by atoms with Gasteiger partial charge in [0.2, 0.25) is 35.3 Å². The van der Waals surface area contributed by atoms with Crippen LogP contribution in [-0.2, 0) is 40.0 Å². The van der Waals surface area contributed by atoms with Crippen LogP contribution >= 0.6 is 0 Å². The van der Waals surface area contributed by atoms with Crippen LogP contribution in [0.15, 0.2) is 71.7 Å². The predicted octanol–water partition coefficient (Wildman–Crippen LogP) is -0.962. The first-order valence-corrected chi connectivity index (χ1v) is 20.3. The third-order valence-corrected chi connectivity index (χ3v) is 10.5. The van der Waals surface area contributed by atoms with Crippen molar-refractivity contribution in [1.82, 2.24) is 36.8 Å². The molecule has 2 aliphatic heterocycles. The van der Waals surface area contributed by atoms with Gasteiger partial charge >= 0.3 is 0 Å². The lowest BCUT2D eigenvalue weighted by molar-refractivity contribution is -0.144. The molecule has 0 aliphatic carbocycles. The summed E-state index contributed by atoms with van der Waals surface area (Å²) in [6.45, 7) is 4.67. The molecular weight excluding hydrogens is 789 g/mol. The Morgan fingerprint density at radius 1 is 0.951 bits per heavy atom. The zero-order valence-electron chi connectivity index (χ0n) is 34.5. The molecule has 19 heteroatoms. The Morgan fingerprint density at radius 3 is 2.33 bits per heavy atom. The fourth-order valence-electron chi connectivity index (χ4n) is 6.84. The number of carbonyl (C=O) groups is 8. The van der Waals surface area contributed by atoms with E-state index < -0.39 is 95.8 Å². The molecule has 328 valence electrons. The maximum atomic E-state index is 14.3. The van der Waals surface area contributed by atoms with Gasteiger partial charge in [-0.2, -0.15) is 0 Å². The summed E-state index contributed by atoms with van der Waals surface area (Å²) in [4.78, 5) is 115. The second-order valence-electron chi connectivity index (χ2n) is 15.1. The number of hydrogen-bond acceptors (Lipinski definition) is 10. The predicted molar refractivity (Wildman–Crippen MR) is 224 cm³/mol. The standard InChI is InChI=1S/C42H56N10O9/c1-4-24(2)34-39(59)48-28(22-26-14-17-29(53)18-15-26)16-19-33(54)46-23-31(50-36(56)25(3)47-37(57)27-10-6-5-7-11-27)41(61)52-21-9-13-32(52)38(58)49-30(35(55)40(60)51-34)12-8-20-45-42(43)44/h5-7,10-11,14-19,24-25,28,30-32,34,53H,4,8-9,12-13,20-23H2,1-3H3,(H,46,54)(H,47,57)(H,48,59)(H,49,58)(H,50,56)(H,51,60)(H4,43,44,45)/b19-16+/t24-,25-,28?,30?,31-,32-,34+/m0/s1. The van der Waals surface area contributed by atoms with Gasteiger partial charge in [0.25, 0.3) is 11.8 Å². The number of ketones is 1. The number of hydrogen-bond donors (Lipinski definition) is 9. The van der Waals surface area contributed by atoms with Crippen LogP contribution in [0.25, 0.3) is 0 Å². The Labute approximate surface area is 353 Å². The van der Waals surface area contributed by atoms with Crippen LogP contribution in [0, 0.1) is 5.92 Å². The van der Waals surface area contributed by atoms with E-state index in [1.165, 1.54) is 30.0 Å². The van der Waals surface area contributed by atoms with Crippen molar-refractivity contribution in [2.45, 2.75) is 95.5 Å². The van der Waals surface area contributed by atoms with E-state index in [0.29, 0.717) is 24.0 Å². The van der Waals surface area contributed by atoms with Crippen LogP contribution in [0.5, 0.6) is 5.75 Å². The van der Waals surface area contributed by atoms with Crippen molar-refractivity contribution in [3.63, 3.8) is 0 Å². The van der Waals surface area contributed by atoms with Crippen LogP contribution < -0.4 is 43.4 Å². The van der Waals surface area contributed by atoms with Crippen molar-refractivity contribution in [3.05, 3.63) is 77.9 Å². The Kier molecular flexibility index (Phi) is 17.3. The number of nitrogens with zero attached hydrogens (tertiary/aromatic N) is 2. The topological polar surface area (TPSA) is 297 Å². The zero-order valence-corrected chi connectivity index (χ0v) is 34.5. The number of phenols is 1. The van der Waals surface area contributed by atoms with Crippen LogP contribution in [0.1, 0.15) is 68.8 Å². The second kappa shape index (κ2) is 22.5. The number of benzene rings is 2. The fraction of sp³-hybridized carbons (Fsp3) is 0.452. The van der Waals surface area contributed by atoms with E-state index in [1.54, 1.807) is 56.3 Å². The fourth-order valence-corrected chi connectivity index (χ4v) is 6.84. The van der Waals surface area contributed by atoms with Crippen molar-refractivity contribution in [3.8, 4) is 5.75 Å². The van der Waals surface area contributed by atoms with E-state index >= 15 is 0 Å². The molecule has 0 aromatic heterocycles. The lowest BCUT2D eigenvalue weighted by Crippen LogP contribution is -2.60. The summed E-state index contributed by atoms with van der Waals surface area (Å²) in [5.74, 6) is -6.93. The second-order valence-corrected chi connectivity index (χ2v) is 15.1. The molecule has 0 radical (unpaired) electrons. The summed E-state index contributed by atoms with van der Waals surface area (Å²) in [5.41, 5.74) is 11.9. The van der Waals surface area contributed by atoms with Crippen molar-refractivity contribution in [1.29, 1.82) is 0 Å². The minimum Gasteiger partial charge on any atom is -0.508 e. The van der Waals surface area contributed by atoms with Crippen molar-refractivity contribution < 1.29 is 43.5 Å². The first kappa shape index (κ1) is 46.9. The van der Waals surface area contributed by atoms with Crippen LogP contribution in [-0.4, -0.2) is 119 Å². The molecule has 19 nitrogen and oxygen atoms in total. The lowest BCUT2D eigenvalue weighted by atomic mass is 9.96. The van der Waals surface area contributed by atoms with Gasteiger partial charge in [-0.25, -0.2) is 0 Å². The molecule has 2 aliphatic rings. The van der Waals surface area contributed by atoms with Crippen LogP contribution in [0.4, 0.5) is 0 Å². The van der Waals surface area contributed by atoms with Crippen molar-refractivity contribution in [2.75, 3.05) is 19.6 Å². The van der Waals surface area contributed by atoms with Crippen molar-refractivity contribution >= 4 is 53.1 Å². The van der Waals surface area contributed by atoms with Crippen LogP contribution in [0.3, 0.4) is 0 Å². The van der Waals surface area contributed by atoms with Gasteiger partial charge in [0.15, 0.2) is 5.96 Å². The molecule has 2 heterocycles. The number of rotatable bonds is 12. The molecule has 7 atom stereocenters. The van der Waals surface area contributed by atoms with E-state index in [-0.39, 0.29) is 50.5 Å². The highest BCUT2D eigenvalue weighted by atomic mass is 16.3. The van der Waals surface area contributed by atoms with E-state index in [0.717, 1.165) is 6.08 Å². The van der Waals surface area contributed by atoms with Gasteiger partial charge < -0.3 is 53.4 Å². The first-order chi connectivity index (χ1) is 29.1. The largest absolute Gasteiger partial charge is 0.508 e.